The Kier molecular flexibility index (Phi) is 5.21. The van der Waals surface area contributed by atoms with Crippen molar-refractivity contribution in [3.63, 3.8) is 0 Å². The van der Waals surface area contributed by atoms with Crippen molar-refractivity contribution in [2.24, 2.45) is 5.73 Å². The molecule has 0 saturated carbocycles. The van der Waals surface area contributed by atoms with Gasteiger partial charge in [-0.15, -0.1) is 0 Å². The molecule has 0 saturated heterocycles. The summed E-state index contributed by atoms with van der Waals surface area (Å²) in [6.45, 7) is 5.73. The number of rotatable bonds is 7. The van der Waals surface area contributed by atoms with Crippen LogP contribution < -0.4 is 5.73 Å². The van der Waals surface area contributed by atoms with Gasteiger partial charge in [-0.25, -0.2) is 0 Å². The average molecular weight is 286 g/mol. The third kappa shape index (κ3) is 3.55. The molecule has 0 amide bonds. The van der Waals surface area contributed by atoms with Crippen molar-refractivity contribution in [3.8, 4) is 0 Å². The summed E-state index contributed by atoms with van der Waals surface area (Å²) in [4.78, 5) is 2.37. The first-order chi connectivity index (χ1) is 10.1. The van der Waals surface area contributed by atoms with Crippen LogP contribution in [0.5, 0.6) is 0 Å². The minimum absolute atomic E-state index is 0.0228. The lowest BCUT2D eigenvalue weighted by Crippen LogP contribution is -2.53. The second-order valence-electron chi connectivity index (χ2n) is 5.80. The van der Waals surface area contributed by atoms with Gasteiger partial charge in [-0.3, -0.25) is 4.90 Å². The molecule has 0 fully saturated rings. The number of benzene rings is 1. The lowest BCUT2D eigenvalue weighted by atomic mass is 9.86. The molecule has 1 unspecified atom stereocenters. The number of likely N-dealkylation sites (N-methyl/N-ethyl adjacent to an activating group) is 1. The molecule has 0 aliphatic rings. The monoisotopic (exact) mass is 286 g/mol. The zero-order valence-electron chi connectivity index (χ0n) is 13.3. The highest BCUT2D eigenvalue weighted by molar-refractivity contribution is 5.20. The summed E-state index contributed by atoms with van der Waals surface area (Å²) in [6, 6.07) is 12.6. The van der Waals surface area contributed by atoms with E-state index in [0.29, 0.717) is 6.54 Å². The topological polar surface area (TPSA) is 42.4 Å². The summed E-state index contributed by atoms with van der Waals surface area (Å²) >= 11 is 0. The van der Waals surface area contributed by atoms with Crippen LogP contribution >= 0.6 is 0 Å². The molecule has 3 nitrogen and oxygen atoms in total. The Labute approximate surface area is 127 Å². The van der Waals surface area contributed by atoms with Crippen LogP contribution in [0.2, 0.25) is 0 Å². The van der Waals surface area contributed by atoms with E-state index in [0.717, 1.165) is 25.1 Å². The smallest absolute Gasteiger partial charge is 0.105 e. The van der Waals surface area contributed by atoms with E-state index in [2.05, 4.69) is 49.2 Å². The van der Waals surface area contributed by atoms with Crippen LogP contribution in [0.1, 0.15) is 30.2 Å². The minimum Gasteiger partial charge on any atom is -0.469 e. The summed E-state index contributed by atoms with van der Waals surface area (Å²) in [5.41, 5.74) is 8.71. The molecule has 0 spiro atoms. The third-order valence-electron chi connectivity index (χ3n) is 4.60. The van der Waals surface area contributed by atoms with Crippen LogP contribution in [-0.4, -0.2) is 24.0 Å². The Morgan fingerprint density at radius 3 is 2.43 bits per heavy atom. The second-order valence-corrected chi connectivity index (χ2v) is 5.80. The maximum absolute atomic E-state index is 6.17. The van der Waals surface area contributed by atoms with Crippen LogP contribution in [-0.2, 0) is 13.0 Å². The minimum atomic E-state index is -0.0228. The first-order valence-electron chi connectivity index (χ1n) is 7.59. The molecule has 0 aliphatic heterocycles. The summed E-state index contributed by atoms with van der Waals surface area (Å²) in [5, 5.41) is 0. The first kappa shape index (κ1) is 15.8. The highest BCUT2D eigenvalue weighted by Crippen LogP contribution is 2.25. The summed E-state index contributed by atoms with van der Waals surface area (Å²) in [6.07, 6.45) is 3.74. The molecule has 2 N–H and O–H groups in total. The third-order valence-corrected chi connectivity index (χ3v) is 4.60. The Morgan fingerprint density at radius 2 is 1.90 bits per heavy atom. The maximum atomic E-state index is 6.17. The predicted molar refractivity (Wildman–Crippen MR) is 87.1 cm³/mol. The van der Waals surface area contributed by atoms with Gasteiger partial charge >= 0.3 is 0 Å². The van der Waals surface area contributed by atoms with Crippen molar-refractivity contribution in [2.75, 3.05) is 13.6 Å². The number of hydrogen-bond acceptors (Lipinski definition) is 3. The van der Waals surface area contributed by atoms with E-state index >= 15 is 0 Å². The van der Waals surface area contributed by atoms with Crippen molar-refractivity contribution in [2.45, 2.75) is 38.8 Å². The van der Waals surface area contributed by atoms with Crippen molar-refractivity contribution in [3.05, 3.63) is 59.5 Å². The van der Waals surface area contributed by atoms with E-state index in [4.69, 9.17) is 10.2 Å². The molecule has 0 radical (unpaired) electrons. The Balaban J connectivity index is 2.18. The van der Waals surface area contributed by atoms with Crippen LogP contribution in [0.4, 0.5) is 0 Å². The second kappa shape index (κ2) is 6.92. The summed E-state index contributed by atoms with van der Waals surface area (Å²) in [5.74, 6) is 0.989. The van der Waals surface area contributed by atoms with Gasteiger partial charge < -0.3 is 10.2 Å². The fraction of sp³-hybridized carbons (Fsp3) is 0.444. The fourth-order valence-electron chi connectivity index (χ4n) is 2.88. The van der Waals surface area contributed by atoms with E-state index in [1.807, 2.05) is 13.0 Å². The summed E-state index contributed by atoms with van der Waals surface area (Å²) in [7, 11) is 2.16. The number of furan rings is 1. The number of nitrogens with zero attached hydrogens (tertiary/aromatic N) is 1. The van der Waals surface area contributed by atoms with E-state index in [9.17, 15) is 0 Å². The van der Waals surface area contributed by atoms with Gasteiger partial charge in [-0.1, -0.05) is 37.3 Å². The van der Waals surface area contributed by atoms with Gasteiger partial charge in [0, 0.05) is 24.2 Å². The van der Waals surface area contributed by atoms with Gasteiger partial charge in [-0.05, 0) is 38.4 Å². The Hall–Kier alpha value is -1.58. The summed E-state index contributed by atoms with van der Waals surface area (Å²) < 4.78 is 5.41. The molecule has 114 valence electrons. The maximum Gasteiger partial charge on any atom is 0.105 e. The molecule has 1 heterocycles. The first-order valence-corrected chi connectivity index (χ1v) is 7.59. The van der Waals surface area contributed by atoms with E-state index < -0.39 is 0 Å². The molecule has 0 aliphatic carbocycles. The van der Waals surface area contributed by atoms with E-state index in [-0.39, 0.29) is 5.54 Å². The molecule has 2 aromatic rings. The van der Waals surface area contributed by atoms with Crippen LogP contribution in [0.25, 0.3) is 0 Å². The Bertz CT molecular complexity index is 543. The highest BCUT2D eigenvalue weighted by atomic mass is 16.3. The molecule has 1 aromatic carbocycles. The average Bonchev–Trinajstić information content (AvgIpc) is 2.91. The molecule has 1 atom stereocenters. The van der Waals surface area contributed by atoms with Crippen LogP contribution in [0.3, 0.4) is 0 Å². The number of hydrogen-bond donors (Lipinski definition) is 1. The molecule has 3 heteroatoms. The largest absolute Gasteiger partial charge is 0.469 e. The van der Waals surface area contributed by atoms with Gasteiger partial charge in [-0.2, -0.15) is 0 Å². The SMILES string of the molecule is CCC(CN)(Cc1ccccc1)N(C)Cc1ccoc1C. The van der Waals surface area contributed by atoms with Gasteiger partial charge in [0.1, 0.15) is 5.76 Å². The standard InChI is InChI=1S/C18H26N2O/c1-4-18(14-19,12-16-8-6-5-7-9-16)20(3)13-17-10-11-21-15(17)2/h5-11H,4,12-14,19H2,1-3H3. The van der Waals surface area contributed by atoms with Gasteiger partial charge in [0.05, 0.1) is 6.26 Å². The zero-order valence-corrected chi connectivity index (χ0v) is 13.3. The zero-order chi connectivity index (χ0) is 15.3. The molecule has 2 rings (SSSR count). The van der Waals surface area contributed by atoms with Crippen LogP contribution in [0.15, 0.2) is 47.1 Å². The Morgan fingerprint density at radius 1 is 1.19 bits per heavy atom. The van der Waals surface area contributed by atoms with Crippen molar-refractivity contribution < 1.29 is 4.42 Å². The van der Waals surface area contributed by atoms with Crippen molar-refractivity contribution in [1.29, 1.82) is 0 Å². The van der Waals surface area contributed by atoms with E-state index in [1.54, 1.807) is 6.26 Å². The van der Waals surface area contributed by atoms with E-state index in [1.165, 1.54) is 11.1 Å². The van der Waals surface area contributed by atoms with Gasteiger partial charge in [0.25, 0.3) is 0 Å². The predicted octanol–water partition coefficient (Wildman–Crippen LogP) is 3.37. The van der Waals surface area contributed by atoms with Crippen LogP contribution in [0, 0.1) is 6.92 Å². The quantitative estimate of drug-likeness (QED) is 0.848. The normalized spacial score (nSPS) is 14.3. The highest BCUT2D eigenvalue weighted by Gasteiger charge is 2.32. The molecule has 21 heavy (non-hydrogen) atoms. The molecule has 0 bridgehead atoms. The lowest BCUT2D eigenvalue weighted by molar-refractivity contribution is 0.112. The fourth-order valence-corrected chi connectivity index (χ4v) is 2.88. The number of aryl methyl sites for hydroxylation is 1. The molecular formula is C18H26N2O. The number of nitrogens with two attached hydrogens (primary N) is 1. The van der Waals surface area contributed by atoms with Crippen molar-refractivity contribution in [1.82, 2.24) is 4.90 Å². The molecule has 1 aromatic heterocycles. The van der Waals surface area contributed by atoms with Gasteiger partial charge in [0.2, 0.25) is 0 Å². The van der Waals surface area contributed by atoms with Gasteiger partial charge in [0.15, 0.2) is 0 Å². The van der Waals surface area contributed by atoms with Crippen molar-refractivity contribution >= 4 is 0 Å². The lowest BCUT2D eigenvalue weighted by Gasteiger charge is -2.41. The molecular weight excluding hydrogens is 260 g/mol.